The van der Waals surface area contributed by atoms with Gasteiger partial charge in [0.1, 0.15) is 29.2 Å². The zero-order chi connectivity index (χ0) is 26.5. The first-order valence-electron chi connectivity index (χ1n) is 12.7. The maximum absolute atomic E-state index is 15.7. The van der Waals surface area contributed by atoms with Crippen molar-refractivity contribution in [1.29, 1.82) is 0 Å². The van der Waals surface area contributed by atoms with E-state index in [0.29, 0.717) is 43.2 Å². The van der Waals surface area contributed by atoms with Crippen LogP contribution in [0.1, 0.15) is 50.1 Å². The van der Waals surface area contributed by atoms with Gasteiger partial charge in [-0.1, -0.05) is 11.6 Å². The first-order chi connectivity index (χ1) is 17.5. The molecule has 1 fully saturated rings. The van der Waals surface area contributed by atoms with E-state index >= 15 is 8.78 Å². The van der Waals surface area contributed by atoms with Crippen molar-refractivity contribution in [3.63, 3.8) is 0 Å². The van der Waals surface area contributed by atoms with Gasteiger partial charge in [-0.2, -0.15) is 0 Å². The first kappa shape index (κ1) is 26.3. The maximum atomic E-state index is 15.7. The van der Waals surface area contributed by atoms with Gasteiger partial charge in [-0.15, -0.1) is 0 Å². The van der Waals surface area contributed by atoms with Crippen molar-refractivity contribution in [3.05, 3.63) is 63.8 Å². The molecule has 3 heterocycles. The van der Waals surface area contributed by atoms with Gasteiger partial charge in [-0.25, -0.2) is 13.2 Å². The highest BCUT2D eigenvalue weighted by Gasteiger charge is 2.41. The fraction of sp³-hybridized carbons (Fsp3) is 0.500. The highest BCUT2D eigenvalue weighted by molar-refractivity contribution is 6.31. The van der Waals surface area contributed by atoms with E-state index in [0.717, 1.165) is 16.5 Å². The summed E-state index contributed by atoms with van der Waals surface area (Å²) in [6, 6.07) is 6.85. The van der Waals surface area contributed by atoms with Crippen LogP contribution in [0, 0.1) is 11.6 Å². The predicted octanol–water partition coefficient (Wildman–Crippen LogP) is 6.61. The second-order valence-electron chi connectivity index (χ2n) is 10.9. The molecule has 5 rings (SSSR count). The van der Waals surface area contributed by atoms with Crippen LogP contribution in [0.5, 0.6) is 5.75 Å². The average molecular weight is 538 g/mol. The predicted molar refractivity (Wildman–Crippen MR) is 138 cm³/mol. The van der Waals surface area contributed by atoms with Crippen LogP contribution >= 0.6 is 11.6 Å². The van der Waals surface area contributed by atoms with Crippen LogP contribution in [-0.2, 0) is 6.42 Å². The van der Waals surface area contributed by atoms with Gasteiger partial charge in [0.05, 0.1) is 12.7 Å². The van der Waals surface area contributed by atoms with Crippen molar-refractivity contribution >= 4 is 22.5 Å². The van der Waals surface area contributed by atoms with Crippen molar-refractivity contribution in [3.8, 4) is 5.75 Å². The molecule has 0 amide bonds. The van der Waals surface area contributed by atoms with Crippen LogP contribution in [0.3, 0.4) is 0 Å². The van der Waals surface area contributed by atoms with Crippen LogP contribution in [0.25, 0.3) is 10.9 Å². The number of alkyl halides is 2. The molecule has 2 aliphatic rings. The third-order valence-corrected chi connectivity index (χ3v) is 7.53. The lowest BCUT2D eigenvalue weighted by Crippen LogP contribution is -2.53. The Morgan fingerprint density at radius 1 is 1.14 bits per heavy atom. The van der Waals surface area contributed by atoms with Gasteiger partial charge in [0.2, 0.25) is 0 Å². The van der Waals surface area contributed by atoms with E-state index in [2.05, 4.69) is 4.98 Å². The highest BCUT2D eigenvalue weighted by atomic mass is 35.5. The minimum Gasteiger partial charge on any atom is -0.488 e. The number of H-pyrrole nitrogens is 1. The van der Waals surface area contributed by atoms with Gasteiger partial charge in [-0.05, 0) is 57.4 Å². The van der Waals surface area contributed by atoms with Crippen molar-refractivity contribution in [2.45, 2.75) is 57.5 Å². The summed E-state index contributed by atoms with van der Waals surface area (Å²) in [4.78, 5) is 7.22. The summed E-state index contributed by atoms with van der Waals surface area (Å²) in [5.41, 5.74) is 0.683. The molecule has 2 atom stereocenters. The van der Waals surface area contributed by atoms with Gasteiger partial charge >= 0.3 is 0 Å². The van der Waals surface area contributed by atoms with Crippen molar-refractivity contribution in [2.75, 3.05) is 32.9 Å². The monoisotopic (exact) mass is 537 g/mol. The van der Waals surface area contributed by atoms with Crippen molar-refractivity contribution in [1.82, 2.24) is 14.8 Å². The third-order valence-electron chi connectivity index (χ3n) is 7.29. The zero-order valence-corrected chi connectivity index (χ0v) is 22.0. The number of halogens is 5. The molecule has 2 aliphatic heterocycles. The van der Waals surface area contributed by atoms with Crippen LogP contribution in [0.2, 0.25) is 5.02 Å². The fourth-order valence-corrected chi connectivity index (χ4v) is 5.84. The van der Waals surface area contributed by atoms with Crippen molar-refractivity contribution in [2.24, 2.45) is 0 Å². The average Bonchev–Trinajstić information content (AvgIpc) is 3.13. The summed E-state index contributed by atoms with van der Waals surface area (Å²) in [6.45, 7) is 6.33. The molecule has 1 aromatic heterocycles. The Labute approximate surface area is 219 Å². The minimum absolute atomic E-state index is 0.00230. The van der Waals surface area contributed by atoms with Gasteiger partial charge in [-0.3, -0.25) is 14.2 Å². The first-order valence-corrected chi connectivity index (χ1v) is 13.1. The minimum atomic E-state index is -1.58. The lowest BCUT2D eigenvalue weighted by molar-refractivity contribution is 0.0179. The Morgan fingerprint density at radius 3 is 2.49 bits per heavy atom. The van der Waals surface area contributed by atoms with Crippen LogP contribution in [0.4, 0.5) is 17.6 Å². The SMILES string of the molecule is C[C@@H]1Cc2c([nH]c3ccc(Cl)cc23)[C@@H](c2c(F)cc(OC3CN(CCCF)C3)cc2F)N1CC(C)(C)F. The lowest BCUT2D eigenvalue weighted by atomic mass is 9.87. The maximum Gasteiger partial charge on any atom is 0.135 e. The summed E-state index contributed by atoms with van der Waals surface area (Å²) < 4.78 is 64.6. The smallest absolute Gasteiger partial charge is 0.135 e. The summed E-state index contributed by atoms with van der Waals surface area (Å²) in [5.74, 6) is -1.38. The highest BCUT2D eigenvalue weighted by Crippen LogP contribution is 2.44. The number of nitrogens with zero attached hydrogens (tertiary/aromatic N) is 2. The molecule has 2 aromatic carbocycles. The number of hydrogen-bond acceptors (Lipinski definition) is 3. The van der Waals surface area contributed by atoms with Gasteiger partial charge in [0, 0.05) is 71.5 Å². The van der Waals surface area contributed by atoms with Gasteiger partial charge in [0.15, 0.2) is 0 Å². The number of ether oxygens (including phenoxy) is 1. The number of fused-ring (bicyclic) bond motifs is 3. The molecule has 0 spiro atoms. The topological polar surface area (TPSA) is 31.5 Å². The van der Waals surface area contributed by atoms with E-state index in [4.69, 9.17) is 16.3 Å². The van der Waals surface area contributed by atoms with Crippen molar-refractivity contribution < 1.29 is 22.3 Å². The van der Waals surface area contributed by atoms with Crippen LogP contribution < -0.4 is 4.74 Å². The van der Waals surface area contributed by atoms with E-state index in [1.165, 1.54) is 26.0 Å². The van der Waals surface area contributed by atoms with E-state index < -0.39 is 23.3 Å². The third kappa shape index (κ3) is 5.33. The molecule has 200 valence electrons. The number of benzene rings is 2. The molecule has 37 heavy (non-hydrogen) atoms. The quantitative estimate of drug-likeness (QED) is 0.328. The van der Waals surface area contributed by atoms with Gasteiger partial charge < -0.3 is 9.72 Å². The Bertz CT molecular complexity index is 1260. The molecule has 0 aliphatic carbocycles. The Balaban J connectivity index is 1.51. The number of hydrogen-bond donors (Lipinski definition) is 1. The summed E-state index contributed by atoms with van der Waals surface area (Å²) in [5, 5.41) is 1.48. The Kier molecular flexibility index (Phi) is 7.20. The largest absolute Gasteiger partial charge is 0.488 e. The summed E-state index contributed by atoms with van der Waals surface area (Å²) >= 11 is 6.26. The fourth-order valence-electron chi connectivity index (χ4n) is 5.66. The summed E-state index contributed by atoms with van der Waals surface area (Å²) in [7, 11) is 0. The molecule has 9 heteroatoms. The lowest BCUT2D eigenvalue weighted by Gasteiger charge is -2.43. The number of nitrogens with one attached hydrogen (secondary N) is 1. The molecule has 4 nitrogen and oxygen atoms in total. The molecule has 0 bridgehead atoms. The van der Waals surface area contributed by atoms with Crippen LogP contribution in [-0.4, -0.2) is 65.5 Å². The second kappa shape index (κ2) is 10.1. The molecule has 1 saturated heterocycles. The molecule has 3 aromatic rings. The Hall–Kier alpha value is -2.29. The van der Waals surface area contributed by atoms with E-state index in [9.17, 15) is 8.78 Å². The number of likely N-dealkylation sites (tertiary alicyclic amines) is 1. The normalized spacial score (nSPS) is 21.3. The molecule has 0 saturated carbocycles. The summed E-state index contributed by atoms with van der Waals surface area (Å²) in [6.07, 6.45) is 0.846. The molecule has 1 N–H and O–H groups in total. The molecular weight excluding hydrogens is 506 g/mol. The number of rotatable bonds is 8. The van der Waals surface area contributed by atoms with E-state index in [-0.39, 0.29) is 36.7 Å². The number of aromatic amines is 1. The van der Waals surface area contributed by atoms with Gasteiger partial charge in [0.25, 0.3) is 0 Å². The second-order valence-corrected chi connectivity index (χ2v) is 11.3. The molecule has 0 radical (unpaired) electrons. The number of aromatic nitrogens is 1. The van der Waals surface area contributed by atoms with E-state index in [1.807, 2.05) is 28.9 Å². The zero-order valence-electron chi connectivity index (χ0n) is 21.3. The molecule has 0 unspecified atom stereocenters. The van der Waals surface area contributed by atoms with Crippen LogP contribution in [0.15, 0.2) is 30.3 Å². The molecular formula is C28H32ClF4N3O. The standard InChI is InChI=1S/C28H32ClF4N3O/c1-16-9-21-20-10-17(29)5-6-24(20)34-26(21)27(36(16)15-28(2,3)33)25-22(31)11-18(12-23(25)32)37-19-13-35(14-19)8-4-7-30/h5-6,10-12,16,19,27,34H,4,7-9,13-15H2,1-3H3/t16-,27-/m1/s1. The van der Waals surface area contributed by atoms with E-state index in [1.54, 1.807) is 6.07 Å². The Morgan fingerprint density at radius 2 is 1.84 bits per heavy atom.